The van der Waals surface area contributed by atoms with Crippen molar-refractivity contribution in [3.05, 3.63) is 53.8 Å². The fourth-order valence-electron chi connectivity index (χ4n) is 2.54. The van der Waals surface area contributed by atoms with Crippen LogP contribution in [0.3, 0.4) is 0 Å². The van der Waals surface area contributed by atoms with Gasteiger partial charge in [0.05, 0.1) is 11.2 Å². The van der Waals surface area contributed by atoms with E-state index in [1.807, 2.05) is 23.6 Å². The van der Waals surface area contributed by atoms with Crippen molar-refractivity contribution in [3.8, 4) is 0 Å². The van der Waals surface area contributed by atoms with E-state index in [2.05, 4.69) is 4.98 Å². The van der Waals surface area contributed by atoms with Crippen molar-refractivity contribution in [3.63, 3.8) is 0 Å². The monoisotopic (exact) mass is 317 g/mol. The maximum atomic E-state index is 13.0. The summed E-state index contributed by atoms with van der Waals surface area (Å²) < 4.78 is 29.0. The van der Waals surface area contributed by atoms with Gasteiger partial charge in [0, 0.05) is 23.2 Å². The number of aromatic nitrogens is 3. The molecule has 0 aliphatic rings. The first kappa shape index (κ1) is 12.6. The summed E-state index contributed by atoms with van der Waals surface area (Å²) in [5.41, 5.74) is 1.18. The molecule has 21 heavy (non-hydrogen) atoms. The van der Waals surface area contributed by atoms with Crippen molar-refractivity contribution < 1.29 is 8.42 Å². The number of nitrogens with zero attached hydrogens (tertiary/aromatic N) is 3. The Hall–Kier alpha value is -2.12. The number of aryl methyl sites for hydroxylation is 1. The second-order valence-electron chi connectivity index (χ2n) is 4.73. The molecule has 106 valence electrons. The highest BCUT2D eigenvalue weighted by atomic mass is 32.2. The van der Waals surface area contributed by atoms with Crippen LogP contribution in [0.5, 0.6) is 0 Å². The average molecular weight is 317 g/mol. The summed E-state index contributed by atoms with van der Waals surface area (Å²) in [5, 5.41) is 2.94. The van der Waals surface area contributed by atoms with E-state index in [0.29, 0.717) is 16.2 Å². The first-order chi connectivity index (χ1) is 10.1. The Morgan fingerprint density at radius 2 is 1.95 bits per heavy atom. The average Bonchev–Trinajstić information content (AvgIpc) is 3.10. The third-order valence-corrected chi connectivity index (χ3v) is 6.02. The lowest BCUT2D eigenvalue weighted by Crippen LogP contribution is -2.14. The van der Waals surface area contributed by atoms with Gasteiger partial charge in [-0.2, -0.15) is 8.42 Å². The maximum absolute atomic E-state index is 13.0. The molecule has 0 radical (unpaired) electrons. The Kier molecular flexibility index (Phi) is 2.51. The quantitative estimate of drug-likeness (QED) is 0.571. The van der Waals surface area contributed by atoms with E-state index in [-0.39, 0.29) is 5.03 Å². The van der Waals surface area contributed by atoms with Crippen molar-refractivity contribution in [1.29, 1.82) is 0 Å². The summed E-state index contributed by atoms with van der Waals surface area (Å²) in [7, 11) is -3.68. The van der Waals surface area contributed by atoms with Crippen molar-refractivity contribution in [1.82, 2.24) is 13.4 Å². The number of thiazole rings is 1. The lowest BCUT2D eigenvalue weighted by atomic mass is 10.3. The number of hydrogen-bond donors (Lipinski definition) is 0. The molecule has 4 aromatic rings. The van der Waals surface area contributed by atoms with Gasteiger partial charge in [0.1, 0.15) is 0 Å². The summed E-state index contributed by atoms with van der Waals surface area (Å²) in [4.78, 5) is 5.00. The maximum Gasteiger partial charge on any atom is 0.286 e. The normalized spacial score (nSPS) is 12.4. The van der Waals surface area contributed by atoms with E-state index in [9.17, 15) is 8.42 Å². The van der Waals surface area contributed by atoms with Gasteiger partial charge in [-0.15, -0.1) is 11.3 Å². The molecule has 7 heteroatoms. The summed E-state index contributed by atoms with van der Waals surface area (Å²) in [6.45, 7) is 1.72. The van der Waals surface area contributed by atoms with Gasteiger partial charge in [0.15, 0.2) is 9.99 Å². The SMILES string of the molecule is Cc1nc2sccn2c1S(=O)(=O)n1ccc2ccccc21. The lowest BCUT2D eigenvalue weighted by molar-refractivity contribution is 0.583. The van der Waals surface area contributed by atoms with Gasteiger partial charge in [-0.25, -0.2) is 8.96 Å². The van der Waals surface area contributed by atoms with Crippen LogP contribution in [0, 0.1) is 6.92 Å². The zero-order valence-corrected chi connectivity index (χ0v) is 12.7. The van der Waals surface area contributed by atoms with Crippen LogP contribution in [0.15, 0.2) is 53.1 Å². The topological polar surface area (TPSA) is 56.4 Å². The van der Waals surface area contributed by atoms with E-state index in [4.69, 9.17) is 0 Å². The van der Waals surface area contributed by atoms with Gasteiger partial charge in [0.25, 0.3) is 10.0 Å². The van der Waals surface area contributed by atoms with Gasteiger partial charge in [0.2, 0.25) is 0 Å². The molecule has 0 spiro atoms. The molecule has 3 aromatic heterocycles. The van der Waals surface area contributed by atoms with Gasteiger partial charge in [-0.3, -0.25) is 4.40 Å². The zero-order chi connectivity index (χ0) is 14.6. The third-order valence-electron chi connectivity index (χ3n) is 3.45. The van der Waals surface area contributed by atoms with Gasteiger partial charge in [-0.1, -0.05) is 18.2 Å². The molecule has 0 unspecified atom stereocenters. The smallest absolute Gasteiger partial charge is 0.279 e. The van der Waals surface area contributed by atoms with Crippen LogP contribution >= 0.6 is 11.3 Å². The van der Waals surface area contributed by atoms with E-state index < -0.39 is 10.0 Å². The van der Waals surface area contributed by atoms with Gasteiger partial charge >= 0.3 is 0 Å². The highest BCUT2D eigenvalue weighted by molar-refractivity contribution is 7.90. The number of rotatable bonds is 2. The van der Waals surface area contributed by atoms with Crippen molar-refractivity contribution in [2.45, 2.75) is 11.9 Å². The predicted molar refractivity (Wildman–Crippen MR) is 82.3 cm³/mol. The number of para-hydroxylation sites is 1. The van der Waals surface area contributed by atoms with Crippen LogP contribution in [0.1, 0.15) is 5.69 Å². The fourth-order valence-corrected chi connectivity index (χ4v) is 5.01. The molecule has 0 saturated carbocycles. The number of benzene rings is 1. The van der Waals surface area contributed by atoms with Gasteiger partial charge < -0.3 is 0 Å². The Morgan fingerprint density at radius 1 is 1.14 bits per heavy atom. The third kappa shape index (κ3) is 1.68. The number of hydrogen-bond acceptors (Lipinski definition) is 4. The van der Waals surface area contributed by atoms with Crippen molar-refractivity contribution in [2.24, 2.45) is 0 Å². The molecule has 0 atom stereocenters. The van der Waals surface area contributed by atoms with Crippen LogP contribution in [-0.4, -0.2) is 21.8 Å². The van der Waals surface area contributed by atoms with Crippen molar-refractivity contribution >= 4 is 37.2 Å². The molecular weight excluding hydrogens is 306 g/mol. The van der Waals surface area contributed by atoms with Gasteiger partial charge in [-0.05, 0) is 19.1 Å². The van der Waals surface area contributed by atoms with Crippen LogP contribution in [0.25, 0.3) is 15.9 Å². The highest BCUT2D eigenvalue weighted by Gasteiger charge is 2.26. The zero-order valence-electron chi connectivity index (χ0n) is 11.1. The molecular formula is C14H11N3O2S2. The van der Waals surface area contributed by atoms with Crippen LogP contribution in [0.4, 0.5) is 0 Å². The molecule has 0 amide bonds. The molecule has 1 aromatic carbocycles. The second kappa shape index (κ2) is 4.19. The standard InChI is InChI=1S/C14H11N3O2S2/c1-10-13(16-8-9-20-14(16)15-10)21(18,19)17-7-6-11-4-2-3-5-12(11)17/h2-9H,1H3. The number of fused-ring (bicyclic) bond motifs is 2. The summed E-state index contributed by atoms with van der Waals surface area (Å²) in [6.07, 6.45) is 3.32. The minimum absolute atomic E-state index is 0.222. The fraction of sp³-hybridized carbons (Fsp3) is 0.0714. The largest absolute Gasteiger partial charge is 0.286 e. The van der Waals surface area contributed by atoms with E-state index >= 15 is 0 Å². The molecule has 0 fully saturated rings. The lowest BCUT2D eigenvalue weighted by Gasteiger charge is -2.07. The molecule has 0 bridgehead atoms. The molecule has 4 rings (SSSR count). The Balaban J connectivity index is 2.07. The molecule has 0 saturated heterocycles. The first-order valence-electron chi connectivity index (χ1n) is 6.33. The molecule has 0 aliphatic carbocycles. The Morgan fingerprint density at radius 3 is 2.81 bits per heavy atom. The van der Waals surface area contributed by atoms with Crippen LogP contribution < -0.4 is 0 Å². The molecule has 0 N–H and O–H groups in total. The minimum atomic E-state index is -3.68. The summed E-state index contributed by atoms with van der Waals surface area (Å²) in [5.74, 6) is 0. The second-order valence-corrected chi connectivity index (χ2v) is 7.34. The summed E-state index contributed by atoms with van der Waals surface area (Å²) >= 11 is 1.42. The molecule has 0 aliphatic heterocycles. The summed E-state index contributed by atoms with van der Waals surface area (Å²) in [6, 6.07) is 9.21. The minimum Gasteiger partial charge on any atom is -0.279 e. The Labute approximate surface area is 125 Å². The van der Waals surface area contributed by atoms with E-state index in [0.717, 1.165) is 5.39 Å². The molecule has 5 nitrogen and oxygen atoms in total. The number of imidazole rings is 1. The van der Waals surface area contributed by atoms with Crippen LogP contribution in [0.2, 0.25) is 0 Å². The van der Waals surface area contributed by atoms with E-state index in [1.165, 1.54) is 15.3 Å². The Bertz CT molecular complexity index is 1070. The molecule has 3 heterocycles. The van der Waals surface area contributed by atoms with Crippen molar-refractivity contribution in [2.75, 3.05) is 0 Å². The highest BCUT2D eigenvalue weighted by Crippen LogP contribution is 2.26. The van der Waals surface area contributed by atoms with E-state index in [1.54, 1.807) is 35.9 Å². The van der Waals surface area contributed by atoms with Crippen LogP contribution in [-0.2, 0) is 10.0 Å². The predicted octanol–water partition coefficient (Wildman–Crippen LogP) is 2.90. The first-order valence-corrected chi connectivity index (χ1v) is 8.65.